The molecule has 0 aliphatic carbocycles. The quantitative estimate of drug-likeness (QED) is 0.870. The van der Waals surface area contributed by atoms with Crippen molar-refractivity contribution in [2.45, 2.75) is 18.6 Å². The molecule has 2 aromatic rings. The van der Waals surface area contributed by atoms with Gasteiger partial charge in [0, 0.05) is 13.1 Å². The SMILES string of the molecule is O=C(Cn1cnc2ccccc21)N[C@@H]1COC[C@H]1N1CCOCC1. The lowest BCUT2D eigenvalue weighted by atomic mass is 10.1. The Morgan fingerprint density at radius 3 is 2.92 bits per heavy atom. The van der Waals surface area contributed by atoms with E-state index >= 15 is 0 Å². The van der Waals surface area contributed by atoms with E-state index in [-0.39, 0.29) is 24.5 Å². The van der Waals surface area contributed by atoms with Crippen molar-refractivity contribution in [3.05, 3.63) is 30.6 Å². The van der Waals surface area contributed by atoms with Crippen LogP contribution in [0.25, 0.3) is 11.0 Å². The molecule has 0 spiro atoms. The van der Waals surface area contributed by atoms with Gasteiger partial charge in [-0.1, -0.05) is 12.1 Å². The van der Waals surface area contributed by atoms with Crippen LogP contribution in [0.1, 0.15) is 0 Å². The van der Waals surface area contributed by atoms with Crippen molar-refractivity contribution in [1.29, 1.82) is 0 Å². The molecule has 2 fully saturated rings. The van der Waals surface area contributed by atoms with Crippen LogP contribution in [-0.2, 0) is 20.8 Å². The zero-order valence-electron chi connectivity index (χ0n) is 13.6. The first kappa shape index (κ1) is 15.6. The number of para-hydroxylation sites is 2. The molecular weight excluding hydrogens is 308 g/mol. The fourth-order valence-corrected chi connectivity index (χ4v) is 3.49. The standard InChI is InChI=1S/C17H22N4O3/c22-17(9-21-12-18-13-3-1-2-4-15(13)21)19-14-10-24-11-16(14)20-5-7-23-8-6-20/h1-4,12,14,16H,5-11H2,(H,19,22)/t14-,16-/m1/s1. The van der Waals surface area contributed by atoms with E-state index in [1.807, 2.05) is 28.8 Å². The average Bonchev–Trinajstić information content (AvgIpc) is 3.23. The van der Waals surface area contributed by atoms with Gasteiger partial charge < -0.3 is 19.4 Å². The molecule has 0 bridgehead atoms. The van der Waals surface area contributed by atoms with E-state index in [1.54, 1.807) is 6.33 Å². The summed E-state index contributed by atoms with van der Waals surface area (Å²) in [6.07, 6.45) is 1.72. The van der Waals surface area contributed by atoms with Crippen LogP contribution in [-0.4, -0.2) is 72.0 Å². The molecule has 2 atom stereocenters. The Hall–Kier alpha value is -1.96. The molecule has 4 rings (SSSR count). The minimum atomic E-state index is -0.00749. The molecule has 3 heterocycles. The van der Waals surface area contributed by atoms with E-state index in [1.165, 1.54) is 0 Å². The van der Waals surface area contributed by atoms with Gasteiger partial charge in [0.25, 0.3) is 0 Å². The number of aromatic nitrogens is 2. The molecule has 1 aromatic heterocycles. The fourth-order valence-electron chi connectivity index (χ4n) is 3.49. The maximum atomic E-state index is 12.5. The lowest BCUT2D eigenvalue weighted by Gasteiger charge is -2.34. The van der Waals surface area contributed by atoms with Crippen LogP contribution in [0, 0.1) is 0 Å². The summed E-state index contributed by atoms with van der Waals surface area (Å²) in [6, 6.07) is 8.09. The minimum absolute atomic E-state index is 0.00749. The Kier molecular flexibility index (Phi) is 4.46. The van der Waals surface area contributed by atoms with Crippen LogP contribution in [0.4, 0.5) is 0 Å². The molecule has 7 nitrogen and oxygen atoms in total. The molecule has 1 amide bonds. The van der Waals surface area contributed by atoms with Crippen molar-refractivity contribution in [3.63, 3.8) is 0 Å². The van der Waals surface area contributed by atoms with Crippen molar-refractivity contribution in [3.8, 4) is 0 Å². The van der Waals surface area contributed by atoms with Gasteiger partial charge >= 0.3 is 0 Å². The summed E-state index contributed by atoms with van der Waals surface area (Å²) in [6.45, 7) is 4.79. The normalized spacial score (nSPS) is 25.2. The highest BCUT2D eigenvalue weighted by Gasteiger charge is 2.34. The van der Waals surface area contributed by atoms with Crippen LogP contribution < -0.4 is 5.32 Å². The number of carbonyl (C=O) groups excluding carboxylic acids is 1. The number of nitrogens with zero attached hydrogens (tertiary/aromatic N) is 3. The fraction of sp³-hybridized carbons (Fsp3) is 0.529. The lowest BCUT2D eigenvalue weighted by molar-refractivity contribution is -0.122. The highest BCUT2D eigenvalue weighted by atomic mass is 16.5. The molecule has 0 radical (unpaired) electrons. The van der Waals surface area contributed by atoms with Gasteiger partial charge in [0.1, 0.15) is 6.54 Å². The Balaban J connectivity index is 1.40. The number of fused-ring (bicyclic) bond motifs is 1. The monoisotopic (exact) mass is 330 g/mol. The third kappa shape index (κ3) is 3.15. The number of ether oxygens (including phenoxy) is 2. The third-order valence-corrected chi connectivity index (χ3v) is 4.75. The first-order valence-corrected chi connectivity index (χ1v) is 8.40. The Morgan fingerprint density at radius 1 is 1.21 bits per heavy atom. The number of amides is 1. The van der Waals surface area contributed by atoms with Gasteiger partial charge in [0.2, 0.25) is 5.91 Å². The van der Waals surface area contributed by atoms with Gasteiger partial charge in [-0.25, -0.2) is 4.98 Å². The molecule has 128 valence electrons. The second-order valence-electron chi connectivity index (χ2n) is 6.29. The predicted molar refractivity (Wildman–Crippen MR) is 88.7 cm³/mol. The maximum Gasteiger partial charge on any atom is 0.240 e. The topological polar surface area (TPSA) is 68.6 Å². The average molecular weight is 330 g/mol. The zero-order valence-corrected chi connectivity index (χ0v) is 13.6. The summed E-state index contributed by atoms with van der Waals surface area (Å²) in [4.78, 5) is 19.2. The van der Waals surface area contributed by atoms with Crippen molar-refractivity contribution in [2.24, 2.45) is 0 Å². The van der Waals surface area contributed by atoms with Crippen molar-refractivity contribution < 1.29 is 14.3 Å². The van der Waals surface area contributed by atoms with Gasteiger partial charge in [-0.05, 0) is 12.1 Å². The highest BCUT2D eigenvalue weighted by Crippen LogP contribution is 2.16. The van der Waals surface area contributed by atoms with E-state index in [9.17, 15) is 4.79 Å². The Morgan fingerprint density at radius 2 is 2.04 bits per heavy atom. The zero-order chi connectivity index (χ0) is 16.4. The van der Waals surface area contributed by atoms with E-state index in [0.717, 1.165) is 37.3 Å². The summed E-state index contributed by atoms with van der Waals surface area (Å²) in [5.41, 5.74) is 1.88. The van der Waals surface area contributed by atoms with Crippen LogP contribution in [0.3, 0.4) is 0 Å². The lowest BCUT2D eigenvalue weighted by Crippen LogP contribution is -2.54. The molecule has 7 heteroatoms. The molecule has 2 saturated heterocycles. The molecule has 0 unspecified atom stereocenters. The van der Waals surface area contributed by atoms with Crippen LogP contribution in [0.15, 0.2) is 30.6 Å². The maximum absolute atomic E-state index is 12.5. The Labute approximate surface area is 140 Å². The second-order valence-corrected chi connectivity index (χ2v) is 6.29. The van der Waals surface area contributed by atoms with E-state index < -0.39 is 0 Å². The van der Waals surface area contributed by atoms with Crippen molar-refractivity contribution >= 4 is 16.9 Å². The molecule has 24 heavy (non-hydrogen) atoms. The van der Waals surface area contributed by atoms with Crippen LogP contribution >= 0.6 is 0 Å². The predicted octanol–water partition coefficient (Wildman–Crippen LogP) is 0.252. The first-order valence-electron chi connectivity index (χ1n) is 8.40. The van der Waals surface area contributed by atoms with Crippen molar-refractivity contribution in [2.75, 3.05) is 39.5 Å². The van der Waals surface area contributed by atoms with E-state index in [0.29, 0.717) is 13.2 Å². The van der Waals surface area contributed by atoms with E-state index in [2.05, 4.69) is 15.2 Å². The Bertz CT molecular complexity index is 711. The van der Waals surface area contributed by atoms with Crippen molar-refractivity contribution in [1.82, 2.24) is 19.8 Å². The number of morpholine rings is 1. The number of hydrogen-bond donors (Lipinski definition) is 1. The number of benzene rings is 1. The largest absolute Gasteiger partial charge is 0.379 e. The summed E-state index contributed by atoms with van der Waals surface area (Å²) >= 11 is 0. The molecule has 2 aliphatic heterocycles. The number of carbonyl (C=O) groups is 1. The minimum Gasteiger partial charge on any atom is -0.379 e. The van der Waals surface area contributed by atoms with Gasteiger partial charge in [-0.2, -0.15) is 0 Å². The number of imidazole rings is 1. The molecule has 0 saturated carbocycles. The number of rotatable bonds is 4. The van der Waals surface area contributed by atoms with Gasteiger partial charge in [-0.15, -0.1) is 0 Å². The molecular formula is C17H22N4O3. The van der Waals surface area contributed by atoms with Gasteiger partial charge in [-0.3, -0.25) is 9.69 Å². The highest BCUT2D eigenvalue weighted by molar-refractivity contribution is 5.80. The smallest absolute Gasteiger partial charge is 0.240 e. The van der Waals surface area contributed by atoms with Crippen LogP contribution in [0.5, 0.6) is 0 Å². The van der Waals surface area contributed by atoms with Gasteiger partial charge in [0.15, 0.2) is 0 Å². The van der Waals surface area contributed by atoms with E-state index in [4.69, 9.17) is 9.47 Å². The van der Waals surface area contributed by atoms with Gasteiger partial charge in [0.05, 0.1) is 55.9 Å². The summed E-state index contributed by atoms with van der Waals surface area (Å²) in [5, 5.41) is 3.13. The number of nitrogens with one attached hydrogen (secondary N) is 1. The van der Waals surface area contributed by atoms with Crippen LogP contribution in [0.2, 0.25) is 0 Å². The number of hydrogen-bond acceptors (Lipinski definition) is 5. The summed E-state index contributed by atoms with van der Waals surface area (Å²) < 4.78 is 12.9. The third-order valence-electron chi connectivity index (χ3n) is 4.75. The summed E-state index contributed by atoms with van der Waals surface area (Å²) in [7, 11) is 0. The second kappa shape index (κ2) is 6.88. The molecule has 1 N–H and O–H groups in total. The molecule has 2 aliphatic rings. The summed E-state index contributed by atoms with van der Waals surface area (Å²) in [5.74, 6) is -0.00749. The molecule has 1 aromatic carbocycles. The first-order chi connectivity index (χ1) is 11.8.